The van der Waals surface area contributed by atoms with Crippen LogP contribution in [0, 0.1) is 5.82 Å². The van der Waals surface area contributed by atoms with Crippen molar-refractivity contribution in [2.24, 2.45) is 0 Å². The van der Waals surface area contributed by atoms with E-state index in [4.69, 9.17) is 10.8 Å². The lowest BCUT2D eigenvalue weighted by Gasteiger charge is -2.30. The van der Waals surface area contributed by atoms with Gasteiger partial charge in [-0.25, -0.2) is 9.18 Å². The van der Waals surface area contributed by atoms with Crippen LogP contribution >= 0.6 is 0 Å². The standard InChI is InChI=1S/C13H13FN4O2/c14-10-6-11(15)9(13(19)20)5-12(10)17-3-4-18-8(7-17)1-2-16-18/h1-2,5-6H,3-4,7,15H2,(H,19,20). The maximum absolute atomic E-state index is 14.0. The maximum atomic E-state index is 14.0. The second-order valence-corrected chi connectivity index (χ2v) is 4.66. The van der Waals surface area contributed by atoms with Crippen molar-refractivity contribution < 1.29 is 14.3 Å². The van der Waals surface area contributed by atoms with Gasteiger partial charge in [-0.15, -0.1) is 0 Å². The van der Waals surface area contributed by atoms with Gasteiger partial charge in [0, 0.05) is 18.4 Å². The first-order valence-corrected chi connectivity index (χ1v) is 6.14. The minimum atomic E-state index is -1.16. The average molecular weight is 276 g/mol. The van der Waals surface area contributed by atoms with E-state index in [1.807, 2.05) is 10.7 Å². The minimum Gasteiger partial charge on any atom is -0.478 e. The van der Waals surface area contributed by atoms with Crippen molar-refractivity contribution in [1.82, 2.24) is 9.78 Å². The maximum Gasteiger partial charge on any atom is 0.337 e. The van der Waals surface area contributed by atoms with Crippen molar-refractivity contribution in [2.45, 2.75) is 13.1 Å². The molecule has 0 amide bonds. The Morgan fingerprint density at radius 3 is 2.95 bits per heavy atom. The van der Waals surface area contributed by atoms with E-state index in [0.29, 0.717) is 19.6 Å². The third-order valence-corrected chi connectivity index (χ3v) is 3.43. The molecule has 0 saturated carbocycles. The monoisotopic (exact) mass is 276 g/mol. The summed E-state index contributed by atoms with van der Waals surface area (Å²) in [4.78, 5) is 12.9. The molecule has 104 valence electrons. The first-order chi connectivity index (χ1) is 9.56. The molecule has 0 aliphatic carbocycles. The Balaban J connectivity index is 1.99. The number of nitrogen functional groups attached to an aromatic ring is 1. The Morgan fingerprint density at radius 2 is 2.20 bits per heavy atom. The summed E-state index contributed by atoms with van der Waals surface area (Å²) in [5.74, 6) is -1.67. The van der Waals surface area contributed by atoms with E-state index in [0.717, 1.165) is 11.8 Å². The van der Waals surface area contributed by atoms with Crippen LogP contribution in [0.25, 0.3) is 0 Å². The second kappa shape index (κ2) is 4.52. The summed E-state index contributed by atoms with van der Waals surface area (Å²) in [5.41, 5.74) is 6.59. The molecule has 3 N–H and O–H groups in total. The molecule has 20 heavy (non-hydrogen) atoms. The van der Waals surface area contributed by atoms with Gasteiger partial charge in [0.05, 0.1) is 30.0 Å². The molecule has 1 aromatic carbocycles. The number of aromatic carboxylic acids is 1. The van der Waals surface area contributed by atoms with Crippen LogP contribution in [0.4, 0.5) is 15.8 Å². The number of halogens is 1. The van der Waals surface area contributed by atoms with Gasteiger partial charge in [0.15, 0.2) is 0 Å². The molecule has 3 rings (SSSR count). The van der Waals surface area contributed by atoms with E-state index in [9.17, 15) is 9.18 Å². The zero-order valence-corrected chi connectivity index (χ0v) is 10.6. The van der Waals surface area contributed by atoms with Gasteiger partial charge in [0.1, 0.15) is 5.82 Å². The molecule has 0 unspecified atom stereocenters. The normalized spacial score (nSPS) is 14.2. The van der Waals surface area contributed by atoms with E-state index in [-0.39, 0.29) is 16.9 Å². The summed E-state index contributed by atoms with van der Waals surface area (Å²) >= 11 is 0. The van der Waals surface area contributed by atoms with Gasteiger partial charge in [-0.2, -0.15) is 5.10 Å². The summed E-state index contributed by atoms with van der Waals surface area (Å²) in [5, 5.41) is 13.2. The van der Waals surface area contributed by atoms with E-state index in [2.05, 4.69) is 5.10 Å². The second-order valence-electron chi connectivity index (χ2n) is 4.66. The van der Waals surface area contributed by atoms with Crippen LogP contribution in [0.3, 0.4) is 0 Å². The quantitative estimate of drug-likeness (QED) is 0.808. The van der Waals surface area contributed by atoms with Crippen LogP contribution in [-0.2, 0) is 13.1 Å². The van der Waals surface area contributed by atoms with Gasteiger partial charge in [-0.3, -0.25) is 4.68 Å². The highest BCUT2D eigenvalue weighted by molar-refractivity contribution is 5.95. The predicted molar refractivity (Wildman–Crippen MR) is 71.0 cm³/mol. The fraction of sp³-hybridized carbons (Fsp3) is 0.231. The molecule has 1 aliphatic rings. The topological polar surface area (TPSA) is 84.4 Å². The van der Waals surface area contributed by atoms with Crippen molar-refractivity contribution in [1.29, 1.82) is 0 Å². The number of hydrogen-bond acceptors (Lipinski definition) is 4. The van der Waals surface area contributed by atoms with Crippen molar-refractivity contribution in [3.05, 3.63) is 41.5 Å². The molecular weight excluding hydrogens is 263 g/mol. The molecule has 0 saturated heterocycles. The number of fused-ring (bicyclic) bond motifs is 1. The number of carboxylic acid groups (broad SMARTS) is 1. The van der Waals surface area contributed by atoms with E-state index < -0.39 is 11.8 Å². The van der Waals surface area contributed by atoms with E-state index >= 15 is 0 Å². The molecule has 2 heterocycles. The van der Waals surface area contributed by atoms with E-state index in [1.165, 1.54) is 6.07 Å². The first kappa shape index (κ1) is 12.5. The number of benzene rings is 1. The molecule has 6 nitrogen and oxygen atoms in total. The minimum absolute atomic E-state index is 0.0687. The molecule has 1 aliphatic heterocycles. The number of anilines is 2. The van der Waals surface area contributed by atoms with Crippen LogP contribution in [0.15, 0.2) is 24.4 Å². The number of carbonyl (C=O) groups is 1. The fourth-order valence-corrected chi connectivity index (χ4v) is 2.40. The summed E-state index contributed by atoms with van der Waals surface area (Å²) < 4.78 is 15.9. The molecule has 0 fully saturated rings. The highest BCUT2D eigenvalue weighted by Gasteiger charge is 2.22. The molecule has 0 spiro atoms. The molecule has 1 aromatic heterocycles. The van der Waals surface area contributed by atoms with Gasteiger partial charge in [-0.1, -0.05) is 0 Å². The van der Waals surface area contributed by atoms with Crippen molar-refractivity contribution >= 4 is 17.3 Å². The van der Waals surface area contributed by atoms with Gasteiger partial charge in [-0.05, 0) is 18.2 Å². The number of rotatable bonds is 2. The highest BCUT2D eigenvalue weighted by Crippen LogP contribution is 2.28. The van der Waals surface area contributed by atoms with Crippen molar-refractivity contribution in [3.63, 3.8) is 0 Å². The lowest BCUT2D eigenvalue weighted by Crippen LogP contribution is -2.34. The van der Waals surface area contributed by atoms with Crippen molar-refractivity contribution in [2.75, 3.05) is 17.2 Å². The Bertz CT molecular complexity index is 683. The van der Waals surface area contributed by atoms with Crippen LogP contribution < -0.4 is 10.6 Å². The summed E-state index contributed by atoms with van der Waals surface area (Å²) in [6, 6.07) is 4.21. The Hall–Kier alpha value is -2.57. The summed E-state index contributed by atoms with van der Waals surface area (Å²) in [6.07, 6.45) is 1.70. The zero-order valence-electron chi connectivity index (χ0n) is 10.6. The average Bonchev–Trinajstić information content (AvgIpc) is 2.85. The summed E-state index contributed by atoms with van der Waals surface area (Å²) in [6.45, 7) is 1.68. The van der Waals surface area contributed by atoms with Crippen LogP contribution in [-0.4, -0.2) is 27.4 Å². The Morgan fingerprint density at radius 1 is 1.40 bits per heavy atom. The lowest BCUT2D eigenvalue weighted by molar-refractivity contribution is 0.0698. The largest absolute Gasteiger partial charge is 0.478 e. The third kappa shape index (κ3) is 1.97. The molecule has 2 aromatic rings. The van der Waals surface area contributed by atoms with E-state index in [1.54, 1.807) is 11.1 Å². The SMILES string of the molecule is Nc1cc(F)c(N2CCn3nccc3C2)cc1C(=O)O. The molecule has 0 bridgehead atoms. The zero-order chi connectivity index (χ0) is 14.3. The number of nitrogens with zero attached hydrogens (tertiary/aromatic N) is 3. The van der Waals surface area contributed by atoms with Gasteiger partial charge >= 0.3 is 5.97 Å². The fourth-order valence-electron chi connectivity index (χ4n) is 2.40. The molecular formula is C13H13FN4O2. The number of carboxylic acids is 1. The number of nitrogens with two attached hydrogens (primary N) is 1. The number of hydrogen-bond donors (Lipinski definition) is 2. The van der Waals surface area contributed by atoms with Gasteiger partial charge in [0.2, 0.25) is 0 Å². The van der Waals surface area contributed by atoms with Crippen LogP contribution in [0.2, 0.25) is 0 Å². The van der Waals surface area contributed by atoms with Crippen LogP contribution in [0.5, 0.6) is 0 Å². The smallest absolute Gasteiger partial charge is 0.337 e. The van der Waals surface area contributed by atoms with Crippen molar-refractivity contribution in [3.8, 4) is 0 Å². The molecule has 0 atom stereocenters. The number of aromatic nitrogens is 2. The van der Waals surface area contributed by atoms with Crippen LogP contribution in [0.1, 0.15) is 16.1 Å². The Labute approximate surface area is 114 Å². The lowest BCUT2D eigenvalue weighted by atomic mass is 10.1. The van der Waals surface area contributed by atoms with Gasteiger partial charge in [0.25, 0.3) is 0 Å². The summed E-state index contributed by atoms with van der Waals surface area (Å²) in [7, 11) is 0. The molecule has 0 radical (unpaired) electrons. The third-order valence-electron chi connectivity index (χ3n) is 3.43. The van der Waals surface area contributed by atoms with Gasteiger partial charge < -0.3 is 15.7 Å². The first-order valence-electron chi connectivity index (χ1n) is 6.14. The highest BCUT2D eigenvalue weighted by atomic mass is 19.1. The Kier molecular flexibility index (Phi) is 2.81. The predicted octanol–water partition coefficient (Wildman–Crippen LogP) is 1.32. The molecule has 7 heteroatoms.